The van der Waals surface area contributed by atoms with Crippen molar-refractivity contribution in [2.24, 2.45) is 0 Å². The van der Waals surface area contributed by atoms with Crippen LogP contribution in [0.15, 0.2) is 22.7 Å². The van der Waals surface area contributed by atoms with Crippen molar-refractivity contribution in [3.05, 3.63) is 28.2 Å². The van der Waals surface area contributed by atoms with Gasteiger partial charge in [0.2, 0.25) is 0 Å². The van der Waals surface area contributed by atoms with Crippen LogP contribution >= 0.6 is 27.5 Å². The third-order valence-corrected chi connectivity index (χ3v) is 2.71. The summed E-state index contributed by atoms with van der Waals surface area (Å²) in [6.45, 7) is 1.98. The number of ether oxygens (including phenoxy) is 1. The Balaban J connectivity index is 2.60. The lowest BCUT2D eigenvalue weighted by Gasteiger charge is -2.06. The molecule has 0 bridgehead atoms. The van der Waals surface area contributed by atoms with Gasteiger partial charge >= 0.3 is 5.97 Å². The molecule has 0 saturated carbocycles. The van der Waals surface area contributed by atoms with E-state index in [2.05, 4.69) is 15.9 Å². The number of alkyl halides is 1. The fraction of sp³-hybridized carbons (Fsp3) is 0.364. The Morgan fingerprint density at radius 2 is 2.27 bits per heavy atom. The highest BCUT2D eigenvalue weighted by atomic mass is 79.9. The summed E-state index contributed by atoms with van der Waals surface area (Å²) < 4.78 is 5.95. The van der Waals surface area contributed by atoms with Crippen molar-refractivity contribution < 1.29 is 9.53 Å². The van der Waals surface area contributed by atoms with Crippen LogP contribution in [0.2, 0.25) is 0 Å². The highest BCUT2D eigenvalue weighted by molar-refractivity contribution is 9.10. The van der Waals surface area contributed by atoms with E-state index in [1.165, 1.54) is 0 Å². The van der Waals surface area contributed by atoms with Gasteiger partial charge in [-0.15, -0.1) is 11.6 Å². The van der Waals surface area contributed by atoms with Crippen molar-refractivity contribution >= 4 is 33.5 Å². The van der Waals surface area contributed by atoms with Gasteiger partial charge in [0.15, 0.2) is 0 Å². The van der Waals surface area contributed by atoms with Crippen molar-refractivity contribution in [1.29, 1.82) is 0 Å². The molecule has 0 amide bonds. The first-order valence-corrected chi connectivity index (χ1v) is 5.99. The molecule has 4 heteroatoms. The second kappa shape index (κ2) is 6.13. The van der Waals surface area contributed by atoms with Crippen molar-refractivity contribution in [3.63, 3.8) is 0 Å². The molecule has 0 fully saturated rings. The van der Waals surface area contributed by atoms with E-state index in [1.807, 2.05) is 19.1 Å². The second-order valence-corrected chi connectivity index (χ2v) is 4.43. The number of halogens is 2. The predicted octanol–water partition coefficient (Wildman–Crippen LogP) is 3.68. The van der Waals surface area contributed by atoms with Gasteiger partial charge in [-0.2, -0.15) is 0 Å². The second-order valence-electron chi connectivity index (χ2n) is 3.20. The summed E-state index contributed by atoms with van der Waals surface area (Å²) in [5.74, 6) is 0.782. The molecule has 0 spiro atoms. The SMILES string of the molecule is Cc1ccc(OC(=O)CCCCl)c(Br)c1. The highest BCUT2D eigenvalue weighted by Crippen LogP contribution is 2.26. The Morgan fingerprint density at radius 3 is 2.87 bits per heavy atom. The average Bonchev–Trinajstić information content (AvgIpc) is 2.19. The van der Waals surface area contributed by atoms with E-state index in [0.717, 1.165) is 10.0 Å². The topological polar surface area (TPSA) is 26.3 Å². The van der Waals surface area contributed by atoms with Gasteiger partial charge in [-0.25, -0.2) is 0 Å². The third kappa shape index (κ3) is 4.22. The number of hydrogen-bond acceptors (Lipinski definition) is 2. The number of benzene rings is 1. The zero-order valence-electron chi connectivity index (χ0n) is 8.43. The summed E-state index contributed by atoms with van der Waals surface area (Å²) in [5, 5.41) is 0. The van der Waals surface area contributed by atoms with Crippen molar-refractivity contribution in [3.8, 4) is 5.75 Å². The molecule has 0 aromatic heterocycles. The van der Waals surface area contributed by atoms with Gasteiger partial charge in [0.25, 0.3) is 0 Å². The summed E-state index contributed by atoms with van der Waals surface area (Å²) in [6.07, 6.45) is 0.994. The summed E-state index contributed by atoms with van der Waals surface area (Å²) >= 11 is 8.82. The van der Waals surface area contributed by atoms with Gasteiger partial charge in [0.1, 0.15) is 5.75 Å². The lowest BCUT2D eigenvalue weighted by molar-refractivity contribution is -0.134. The minimum Gasteiger partial charge on any atom is -0.425 e. The van der Waals surface area contributed by atoms with E-state index in [-0.39, 0.29) is 5.97 Å². The number of carbonyl (C=O) groups is 1. The van der Waals surface area contributed by atoms with Crippen LogP contribution in [0.5, 0.6) is 5.75 Å². The maximum atomic E-state index is 11.3. The number of hydrogen-bond donors (Lipinski definition) is 0. The number of rotatable bonds is 4. The molecule has 0 saturated heterocycles. The van der Waals surface area contributed by atoms with Gasteiger partial charge in [0.05, 0.1) is 4.47 Å². The first-order chi connectivity index (χ1) is 7.13. The maximum absolute atomic E-state index is 11.3. The van der Waals surface area contributed by atoms with Crippen LogP contribution in [0.1, 0.15) is 18.4 Å². The van der Waals surface area contributed by atoms with E-state index >= 15 is 0 Å². The van der Waals surface area contributed by atoms with Crippen molar-refractivity contribution in [2.75, 3.05) is 5.88 Å². The quantitative estimate of drug-likeness (QED) is 0.480. The zero-order chi connectivity index (χ0) is 11.3. The smallest absolute Gasteiger partial charge is 0.311 e. The van der Waals surface area contributed by atoms with Crippen LogP contribution in [-0.4, -0.2) is 11.8 Å². The fourth-order valence-electron chi connectivity index (χ4n) is 1.07. The lowest BCUT2D eigenvalue weighted by atomic mass is 10.2. The number of esters is 1. The van der Waals surface area contributed by atoms with Crippen LogP contribution in [0.4, 0.5) is 0 Å². The summed E-state index contributed by atoms with van der Waals surface area (Å²) in [5.41, 5.74) is 1.11. The molecule has 1 aromatic rings. The summed E-state index contributed by atoms with van der Waals surface area (Å²) in [6, 6.07) is 5.58. The molecule has 0 atom stereocenters. The third-order valence-electron chi connectivity index (χ3n) is 1.83. The normalized spacial score (nSPS) is 10.1. The lowest BCUT2D eigenvalue weighted by Crippen LogP contribution is -2.08. The molecule has 82 valence electrons. The van der Waals surface area contributed by atoms with Crippen LogP contribution < -0.4 is 4.74 Å². The maximum Gasteiger partial charge on any atom is 0.311 e. The molecule has 15 heavy (non-hydrogen) atoms. The minimum absolute atomic E-state index is 0.250. The van der Waals surface area contributed by atoms with Gasteiger partial charge in [-0.05, 0) is 47.0 Å². The number of carbonyl (C=O) groups excluding carboxylic acids is 1. The Labute approximate surface area is 103 Å². The standard InChI is InChI=1S/C11H12BrClO2/c1-8-4-5-10(9(12)7-8)15-11(14)3-2-6-13/h4-5,7H,2-3,6H2,1H3. The average molecular weight is 292 g/mol. The first kappa shape index (κ1) is 12.5. The monoisotopic (exact) mass is 290 g/mol. The van der Waals surface area contributed by atoms with Gasteiger partial charge < -0.3 is 4.74 Å². The first-order valence-electron chi connectivity index (χ1n) is 4.66. The van der Waals surface area contributed by atoms with Crippen LogP contribution in [0, 0.1) is 6.92 Å². The van der Waals surface area contributed by atoms with E-state index < -0.39 is 0 Å². The van der Waals surface area contributed by atoms with E-state index in [0.29, 0.717) is 24.5 Å². The molecule has 1 rings (SSSR count). The Kier molecular flexibility index (Phi) is 5.12. The van der Waals surface area contributed by atoms with E-state index in [4.69, 9.17) is 16.3 Å². The summed E-state index contributed by atoms with van der Waals surface area (Å²) in [7, 11) is 0. The van der Waals surface area contributed by atoms with Crippen LogP contribution in [0.3, 0.4) is 0 Å². The molecule has 1 aromatic carbocycles. The Bertz CT molecular complexity index is 352. The summed E-state index contributed by atoms with van der Waals surface area (Å²) in [4.78, 5) is 11.3. The zero-order valence-corrected chi connectivity index (χ0v) is 10.8. The van der Waals surface area contributed by atoms with E-state index in [9.17, 15) is 4.79 Å². The molecule has 0 radical (unpaired) electrons. The van der Waals surface area contributed by atoms with Crippen molar-refractivity contribution in [1.82, 2.24) is 0 Å². The molecule has 0 N–H and O–H groups in total. The molecule has 0 aliphatic rings. The van der Waals surface area contributed by atoms with Crippen molar-refractivity contribution in [2.45, 2.75) is 19.8 Å². The Morgan fingerprint density at radius 1 is 1.53 bits per heavy atom. The van der Waals surface area contributed by atoms with Gasteiger partial charge in [-0.3, -0.25) is 4.79 Å². The number of aryl methyl sites for hydroxylation is 1. The van der Waals surface area contributed by atoms with Crippen LogP contribution in [0.25, 0.3) is 0 Å². The molecule has 2 nitrogen and oxygen atoms in total. The van der Waals surface area contributed by atoms with Gasteiger partial charge in [-0.1, -0.05) is 6.07 Å². The minimum atomic E-state index is -0.250. The van der Waals surface area contributed by atoms with Gasteiger partial charge in [0, 0.05) is 12.3 Å². The molecule has 0 aliphatic carbocycles. The molecule has 0 aliphatic heterocycles. The predicted molar refractivity (Wildman–Crippen MR) is 64.5 cm³/mol. The molecular formula is C11H12BrClO2. The molecule has 0 unspecified atom stereocenters. The van der Waals surface area contributed by atoms with Crippen LogP contribution in [-0.2, 0) is 4.79 Å². The Hall–Kier alpha value is -0.540. The highest BCUT2D eigenvalue weighted by Gasteiger charge is 2.07. The van der Waals surface area contributed by atoms with E-state index in [1.54, 1.807) is 6.07 Å². The molecule has 0 heterocycles. The molecular weight excluding hydrogens is 279 g/mol. The fourth-order valence-corrected chi connectivity index (χ4v) is 1.78. The largest absolute Gasteiger partial charge is 0.425 e.